The summed E-state index contributed by atoms with van der Waals surface area (Å²) in [6, 6.07) is 3.37. The van der Waals surface area contributed by atoms with Crippen LogP contribution in [0.25, 0.3) is 0 Å². The fraction of sp³-hybridized carbons (Fsp3) is 0.200. The summed E-state index contributed by atoms with van der Waals surface area (Å²) in [6.07, 6.45) is -4.78. The van der Waals surface area contributed by atoms with E-state index in [-0.39, 0.29) is 23.3 Å². The van der Waals surface area contributed by atoms with E-state index < -0.39 is 17.5 Å². The summed E-state index contributed by atoms with van der Waals surface area (Å²) in [5, 5.41) is 11.2. The second-order valence-corrected chi connectivity index (χ2v) is 3.38. The van der Waals surface area contributed by atoms with Crippen molar-refractivity contribution in [2.45, 2.75) is 12.6 Å². The molecule has 2 rings (SSSR count). The monoisotopic (exact) mass is 229 g/mol. The number of oxime groups is 1. The van der Waals surface area contributed by atoms with E-state index in [1.54, 1.807) is 0 Å². The first-order valence-corrected chi connectivity index (χ1v) is 4.40. The number of alkyl halides is 3. The second-order valence-electron chi connectivity index (χ2n) is 3.38. The first kappa shape index (κ1) is 10.7. The van der Waals surface area contributed by atoms with E-state index in [1.807, 2.05) is 0 Å². The van der Waals surface area contributed by atoms with Crippen molar-refractivity contribution in [2.75, 3.05) is 0 Å². The van der Waals surface area contributed by atoms with Gasteiger partial charge in [-0.05, 0) is 11.6 Å². The predicted molar refractivity (Wildman–Crippen MR) is 48.7 cm³/mol. The van der Waals surface area contributed by atoms with E-state index in [9.17, 15) is 18.0 Å². The molecule has 0 spiro atoms. The quantitative estimate of drug-likeness (QED) is 0.548. The van der Waals surface area contributed by atoms with Gasteiger partial charge in [0.2, 0.25) is 5.78 Å². The fourth-order valence-electron chi connectivity index (χ4n) is 1.74. The van der Waals surface area contributed by atoms with Gasteiger partial charge in [-0.1, -0.05) is 17.3 Å². The number of benzene rings is 1. The average molecular weight is 229 g/mol. The maximum Gasteiger partial charge on any atom is 0.416 e. The highest BCUT2D eigenvalue weighted by Gasteiger charge is 2.38. The lowest BCUT2D eigenvalue weighted by atomic mass is 10.0. The Bertz CT molecular complexity index is 491. The molecule has 1 aromatic rings. The van der Waals surface area contributed by atoms with Gasteiger partial charge in [-0.3, -0.25) is 4.79 Å². The number of Topliss-reactive ketones (excluding diaryl/α,β-unsaturated/α-hetero) is 1. The van der Waals surface area contributed by atoms with Gasteiger partial charge in [-0.15, -0.1) is 0 Å². The van der Waals surface area contributed by atoms with Gasteiger partial charge in [0.1, 0.15) is 5.71 Å². The number of hydrogen-bond donors (Lipinski definition) is 1. The number of nitrogens with zero attached hydrogens (tertiary/aromatic N) is 1. The smallest absolute Gasteiger partial charge is 0.411 e. The lowest BCUT2D eigenvalue weighted by Gasteiger charge is -2.10. The van der Waals surface area contributed by atoms with Gasteiger partial charge < -0.3 is 5.21 Å². The standard InChI is InChI=1S/C10H6F3NO2/c11-10(12,13)7-3-1-2-5-6(7)4-8(14-16)9(5)15/h1-3,16H,4H2. The highest BCUT2D eigenvalue weighted by molar-refractivity contribution is 6.49. The SMILES string of the molecule is O=C1C(=NO)Cc2c1cccc2C(F)(F)F. The lowest BCUT2D eigenvalue weighted by molar-refractivity contribution is -0.138. The first-order valence-electron chi connectivity index (χ1n) is 4.40. The number of halogens is 3. The van der Waals surface area contributed by atoms with Crippen molar-refractivity contribution in [2.24, 2.45) is 5.16 Å². The molecule has 0 aliphatic heterocycles. The molecule has 0 fully saturated rings. The molecule has 16 heavy (non-hydrogen) atoms. The lowest BCUT2D eigenvalue weighted by Crippen LogP contribution is -2.09. The Morgan fingerprint density at radius 1 is 1.31 bits per heavy atom. The summed E-state index contributed by atoms with van der Waals surface area (Å²) >= 11 is 0. The third-order valence-electron chi connectivity index (χ3n) is 2.45. The molecule has 6 heteroatoms. The summed E-state index contributed by atoms with van der Waals surface area (Å²) in [7, 11) is 0. The van der Waals surface area contributed by atoms with Crippen LogP contribution in [0.2, 0.25) is 0 Å². The van der Waals surface area contributed by atoms with E-state index in [1.165, 1.54) is 12.1 Å². The van der Waals surface area contributed by atoms with Crippen LogP contribution in [0.1, 0.15) is 21.5 Å². The van der Waals surface area contributed by atoms with Gasteiger partial charge in [0.15, 0.2) is 0 Å². The fourth-order valence-corrected chi connectivity index (χ4v) is 1.74. The predicted octanol–water partition coefficient (Wildman–Crippen LogP) is 2.27. The minimum Gasteiger partial charge on any atom is -0.411 e. The molecule has 0 amide bonds. The molecule has 0 saturated heterocycles. The Hall–Kier alpha value is -1.85. The van der Waals surface area contributed by atoms with Gasteiger partial charge >= 0.3 is 6.18 Å². The largest absolute Gasteiger partial charge is 0.416 e. The number of ketones is 1. The van der Waals surface area contributed by atoms with Gasteiger partial charge in [0.25, 0.3) is 0 Å². The molecule has 3 nitrogen and oxygen atoms in total. The molecule has 0 aromatic heterocycles. The van der Waals surface area contributed by atoms with Crippen molar-refractivity contribution in [1.82, 2.24) is 0 Å². The van der Waals surface area contributed by atoms with Crippen LogP contribution in [0.3, 0.4) is 0 Å². The molecule has 0 bridgehead atoms. The molecule has 0 atom stereocenters. The van der Waals surface area contributed by atoms with Crippen LogP contribution in [0.4, 0.5) is 13.2 Å². The Kier molecular flexibility index (Phi) is 2.22. The van der Waals surface area contributed by atoms with Crippen LogP contribution in [-0.4, -0.2) is 16.7 Å². The maximum atomic E-state index is 12.6. The maximum absolute atomic E-state index is 12.6. The normalized spacial score (nSPS) is 17.9. The van der Waals surface area contributed by atoms with Gasteiger partial charge in [-0.2, -0.15) is 13.2 Å². The van der Waals surface area contributed by atoms with Crippen molar-refractivity contribution in [3.05, 3.63) is 34.9 Å². The molecule has 1 aliphatic carbocycles. The van der Waals surface area contributed by atoms with Crippen LogP contribution in [-0.2, 0) is 12.6 Å². The highest BCUT2D eigenvalue weighted by atomic mass is 19.4. The van der Waals surface area contributed by atoms with Crippen LogP contribution < -0.4 is 0 Å². The molecule has 0 unspecified atom stereocenters. The van der Waals surface area contributed by atoms with Crippen molar-refractivity contribution in [3.63, 3.8) is 0 Å². The van der Waals surface area contributed by atoms with E-state index in [0.717, 1.165) is 6.07 Å². The van der Waals surface area contributed by atoms with Crippen LogP contribution >= 0.6 is 0 Å². The zero-order chi connectivity index (χ0) is 11.9. The van der Waals surface area contributed by atoms with Gasteiger partial charge in [0.05, 0.1) is 5.56 Å². The molecule has 84 valence electrons. The van der Waals surface area contributed by atoms with E-state index >= 15 is 0 Å². The minimum atomic E-state index is -4.50. The summed E-state index contributed by atoms with van der Waals surface area (Å²) in [4.78, 5) is 11.4. The molecule has 0 saturated carbocycles. The molecular weight excluding hydrogens is 223 g/mol. The van der Waals surface area contributed by atoms with Crippen molar-refractivity contribution in [1.29, 1.82) is 0 Å². The van der Waals surface area contributed by atoms with Crippen molar-refractivity contribution >= 4 is 11.5 Å². The Balaban J connectivity index is 2.62. The molecule has 1 N–H and O–H groups in total. The molecule has 0 heterocycles. The van der Waals surface area contributed by atoms with Gasteiger partial charge in [0, 0.05) is 12.0 Å². The number of carbonyl (C=O) groups is 1. The number of fused-ring (bicyclic) bond motifs is 1. The van der Waals surface area contributed by atoms with E-state index in [0.29, 0.717) is 0 Å². The summed E-state index contributed by atoms with van der Waals surface area (Å²) in [6.45, 7) is 0. The molecule has 1 aromatic carbocycles. The van der Waals surface area contributed by atoms with Crippen LogP contribution in [0.5, 0.6) is 0 Å². The Labute approximate surface area is 88.2 Å². The van der Waals surface area contributed by atoms with Gasteiger partial charge in [-0.25, -0.2) is 0 Å². The summed E-state index contributed by atoms with van der Waals surface area (Å²) in [5.41, 5.74) is -1.26. The highest BCUT2D eigenvalue weighted by Crippen LogP contribution is 2.36. The third-order valence-corrected chi connectivity index (χ3v) is 2.45. The third kappa shape index (κ3) is 1.46. The average Bonchev–Trinajstić information content (AvgIpc) is 2.54. The second kappa shape index (κ2) is 3.33. The topological polar surface area (TPSA) is 49.7 Å². The summed E-state index contributed by atoms with van der Waals surface area (Å²) in [5.74, 6) is -0.649. The molecule has 0 radical (unpaired) electrons. The Morgan fingerprint density at radius 3 is 2.56 bits per heavy atom. The summed E-state index contributed by atoms with van der Waals surface area (Å²) < 4.78 is 37.8. The van der Waals surface area contributed by atoms with Crippen molar-refractivity contribution < 1.29 is 23.2 Å². The number of hydrogen-bond acceptors (Lipinski definition) is 3. The zero-order valence-corrected chi connectivity index (χ0v) is 7.88. The number of rotatable bonds is 0. The zero-order valence-electron chi connectivity index (χ0n) is 7.88. The van der Waals surface area contributed by atoms with Crippen molar-refractivity contribution in [3.8, 4) is 0 Å². The van der Waals surface area contributed by atoms with E-state index in [2.05, 4.69) is 5.16 Å². The van der Waals surface area contributed by atoms with Crippen LogP contribution in [0.15, 0.2) is 23.4 Å². The molecule has 1 aliphatic rings. The first-order chi connectivity index (χ1) is 7.45. The van der Waals surface area contributed by atoms with E-state index in [4.69, 9.17) is 5.21 Å². The number of carbonyl (C=O) groups excluding carboxylic acids is 1. The Morgan fingerprint density at radius 2 is 2.00 bits per heavy atom. The minimum absolute atomic E-state index is 0.0392. The molecular formula is C10H6F3NO2. The van der Waals surface area contributed by atoms with Crippen LogP contribution in [0, 0.1) is 0 Å².